The Morgan fingerprint density at radius 1 is 1.23 bits per heavy atom. The van der Waals surface area contributed by atoms with E-state index in [2.05, 4.69) is 0 Å². The van der Waals surface area contributed by atoms with Crippen LogP contribution in [0.2, 0.25) is 0 Å². The van der Waals surface area contributed by atoms with Gasteiger partial charge in [0.15, 0.2) is 0 Å². The number of rotatable bonds is 2. The molecule has 1 heterocycles. The molecule has 0 aromatic rings. The van der Waals surface area contributed by atoms with E-state index in [9.17, 15) is 4.79 Å². The molecule has 1 unspecified atom stereocenters. The van der Waals surface area contributed by atoms with Crippen LogP contribution in [0.15, 0.2) is 0 Å². The minimum Gasteiger partial charge on any atom is -0.380 e. The van der Waals surface area contributed by atoms with Crippen molar-refractivity contribution in [3.8, 4) is 0 Å². The standard InChI is InChI=1S/C11H18O2/c12-8-11(6-3-7-13-9-11)10-4-1-2-5-10/h8,10H,1-7,9H2. The average molecular weight is 182 g/mol. The smallest absolute Gasteiger partial charge is 0.128 e. The van der Waals surface area contributed by atoms with Crippen molar-refractivity contribution in [3.63, 3.8) is 0 Å². The lowest BCUT2D eigenvalue weighted by Crippen LogP contribution is -2.39. The third-order valence-corrected chi connectivity index (χ3v) is 3.70. The summed E-state index contributed by atoms with van der Waals surface area (Å²) in [5, 5.41) is 0. The van der Waals surface area contributed by atoms with Crippen LogP contribution in [0.4, 0.5) is 0 Å². The van der Waals surface area contributed by atoms with Crippen molar-refractivity contribution in [3.05, 3.63) is 0 Å². The fourth-order valence-electron chi connectivity index (χ4n) is 2.85. The minimum absolute atomic E-state index is 0.102. The third kappa shape index (κ3) is 1.64. The van der Waals surface area contributed by atoms with Gasteiger partial charge in [0.05, 0.1) is 12.0 Å². The van der Waals surface area contributed by atoms with E-state index in [0.29, 0.717) is 12.5 Å². The van der Waals surface area contributed by atoms with Crippen molar-refractivity contribution < 1.29 is 9.53 Å². The van der Waals surface area contributed by atoms with E-state index in [1.807, 2.05) is 0 Å². The zero-order valence-corrected chi connectivity index (χ0v) is 8.13. The quantitative estimate of drug-likeness (QED) is 0.612. The Hall–Kier alpha value is -0.370. The number of aldehydes is 1. The summed E-state index contributed by atoms with van der Waals surface area (Å²) in [6, 6.07) is 0. The first-order valence-electron chi connectivity index (χ1n) is 5.41. The monoisotopic (exact) mass is 182 g/mol. The van der Waals surface area contributed by atoms with Gasteiger partial charge < -0.3 is 9.53 Å². The first-order chi connectivity index (χ1) is 6.37. The molecule has 0 radical (unpaired) electrons. The summed E-state index contributed by atoms with van der Waals surface area (Å²) in [5.74, 6) is 0.616. The predicted molar refractivity (Wildman–Crippen MR) is 50.5 cm³/mol. The lowest BCUT2D eigenvalue weighted by molar-refractivity contribution is -0.129. The van der Waals surface area contributed by atoms with E-state index in [1.165, 1.54) is 32.0 Å². The Balaban J connectivity index is 2.07. The first kappa shape index (κ1) is 9.20. The van der Waals surface area contributed by atoms with E-state index in [0.717, 1.165) is 19.4 Å². The Labute approximate surface area is 79.7 Å². The van der Waals surface area contributed by atoms with Gasteiger partial charge in [0, 0.05) is 6.61 Å². The molecule has 0 spiro atoms. The molecule has 2 aliphatic rings. The topological polar surface area (TPSA) is 26.3 Å². The van der Waals surface area contributed by atoms with Gasteiger partial charge in [-0.3, -0.25) is 0 Å². The fourth-order valence-corrected chi connectivity index (χ4v) is 2.85. The highest BCUT2D eigenvalue weighted by atomic mass is 16.5. The summed E-state index contributed by atoms with van der Waals surface area (Å²) in [5.41, 5.74) is -0.102. The zero-order valence-electron chi connectivity index (χ0n) is 8.13. The molecular weight excluding hydrogens is 164 g/mol. The molecule has 0 aromatic heterocycles. The molecule has 2 nitrogen and oxygen atoms in total. The lowest BCUT2D eigenvalue weighted by atomic mass is 9.72. The minimum atomic E-state index is -0.102. The molecular formula is C11H18O2. The summed E-state index contributed by atoms with van der Waals surface area (Å²) in [4.78, 5) is 11.2. The second-order valence-electron chi connectivity index (χ2n) is 4.49. The number of carbonyl (C=O) groups is 1. The van der Waals surface area contributed by atoms with Gasteiger partial charge in [-0.15, -0.1) is 0 Å². The van der Waals surface area contributed by atoms with Crippen LogP contribution in [0, 0.1) is 11.3 Å². The van der Waals surface area contributed by atoms with Crippen molar-refractivity contribution in [2.75, 3.05) is 13.2 Å². The molecule has 0 aromatic carbocycles. The fraction of sp³-hybridized carbons (Fsp3) is 0.909. The Morgan fingerprint density at radius 2 is 2.00 bits per heavy atom. The summed E-state index contributed by atoms with van der Waals surface area (Å²) < 4.78 is 5.46. The van der Waals surface area contributed by atoms with Crippen LogP contribution in [-0.4, -0.2) is 19.5 Å². The number of ether oxygens (including phenoxy) is 1. The van der Waals surface area contributed by atoms with E-state index in [-0.39, 0.29) is 5.41 Å². The molecule has 0 N–H and O–H groups in total. The molecule has 0 amide bonds. The van der Waals surface area contributed by atoms with Crippen LogP contribution < -0.4 is 0 Å². The lowest BCUT2D eigenvalue weighted by Gasteiger charge is -2.37. The normalized spacial score (nSPS) is 36.3. The zero-order chi connectivity index (χ0) is 9.15. The Bertz CT molecular complexity index is 177. The maximum atomic E-state index is 11.2. The second kappa shape index (κ2) is 3.79. The Kier molecular flexibility index (Phi) is 2.68. The highest BCUT2D eigenvalue weighted by molar-refractivity contribution is 5.60. The summed E-state index contributed by atoms with van der Waals surface area (Å²) in [7, 11) is 0. The number of hydrogen-bond donors (Lipinski definition) is 0. The molecule has 2 heteroatoms. The first-order valence-corrected chi connectivity index (χ1v) is 5.41. The van der Waals surface area contributed by atoms with Crippen LogP contribution in [-0.2, 0) is 9.53 Å². The number of hydrogen-bond acceptors (Lipinski definition) is 2. The van der Waals surface area contributed by atoms with Gasteiger partial charge in [0.1, 0.15) is 6.29 Å². The average Bonchev–Trinajstić information content (AvgIpc) is 2.72. The molecule has 0 bridgehead atoms. The summed E-state index contributed by atoms with van der Waals surface area (Å²) in [6.07, 6.45) is 8.39. The third-order valence-electron chi connectivity index (χ3n) is 3.70. The largest absolute Gasteiger partial charge is 0.380 e. The van der Waals surface area contributed by atoms with Crippen LogP contribution in [0.25, 0.3) is 0 Å². The maximum Gasteiger partial charge on any atom is 0.128 e. The summed E-state index contributed by atoms with van der Waals surface area (Å²) in [6.45, 7) is 1.53. The van der Waals surface area contributed by atoms with Gasteiger partial charge in [0.2, 0.25) is 0 Å². The van der Waals surface area contributed by atoms with Gasteiger partial charge in [-0.2, -0.15) is 0 Å². The van der Waals surface area contributed by atoms with Crippen molar-refractivity contribution in [2.24, 2.45) is 11.3 Å². The molecule has 1 saturated carbocycles. The van der Waals surface area contributed by atoms with E-state index in [1.54, 1.807) is 0 Å². The van der Waals surface area contributed by atoms with E-state index >= 15 is 0 Å². The van der Waals surface area contributed by atoms with Crippen molar-refractivity contribution in [2.45, 2.75) is 38.5 Å². The van der Waals surface area contributed by atoms with Gasteiger partial charge in [-0.25, -0.2) is 0 Å². The second-order valence-corrected chi connectivity index (χ2v) is 4.49. The van der Waals surface area contributed by atoms with Crippen LogP contribution in [0.5, 0.6) is 0 Å². The van der Waals surface area contributed by atoms with E-state index < -0.39 is 0 Å². The highest BCUT2D eigenvalue weighted by Gasteiger charge is 2.41. The van der Waals surface area contributed by atoms with Crippen LogP contribution in [0.3, 0.4) is 0 Å². The van der Waals surface area contributed by atoms with Crippen LogP contribution >= 0.6 is 0 Å². The van der Waals surface area contributed by atoms with Gasteiger partial charge in [0.25, 0.3) is 0 Å². The van der Waals surface area contributed by atoms with Crippen molar-refractivity contribution >= 4 is 6.29 Å². The molecule has 1 atom stereocenters. The van der Waals surface area contributed by atoms with Crippen molar-refractivity contribution in [1.29, 1.82) is 0 Å². The summed E-state index contributed by atoms with van der Waals surface area (Å²) >= 11 is 0. The predicted octanol–water partition coefficient (Wildman–Crippen LogP) is 2.17. The molecule has 74 valence electrons. The highest BCUT2D eigenvalue weighted by Crippen LogP contribution is 2.43. The SMILES string of the molecule is O=CC1(C2CCCC2)CCCOC1. The maximum absolute atomic E-state index is 11.2. The number of carbonyl (C=O) groups excluding carboxylic acids is 1. The van der Waals surface area contributed by atoms with Gasteiger partial charge >= 0.3 is 0 Å². The molecule has 13 heavy (non-hydrogen) atoms. The van der Waals surface area contributed by atoms with Gasteiger partial charge in [-0.1, -0.05) is 12.8 Å². The molecule has 2 rings (SSSR count). The Morgan fingerprint density at radius 3 is 2.54 bits per heavy atom. The molecule has 1 aliphatic heterocycles. The van der Waals surface area contributed by atoms with Crippen LogP contribution in [0.1, 0.15) is 38.5 Å². The molecule has 1 saturated heterocycles. The van der Waals surface area contributed by atoms with Crippen molar-refractivity contribution in [1.82, 2.24) is 0 Å². The molecule has 2 fully saturated rings. The molecule has 1 aliphatic carbocycles. The van der Waals surface area contributed by atoms with Gasteiger partial charge in [-0.05, 0) is 31.6 Å². The van der Waals surface area contributed by atoms with E-state index in [4.69, 9.17) is 4.74 Å².